The molecule has 0 unspecified atom stereocenters. The van der Waals surface area contributed by atoms with Gasteiger partial charge >= 0.3 is 43.6 Å². The predicted octanol–water partition coefficient (Wildman–Crippen LogP) is 2.99. The molecule has 0 saturated carbocycles. The minimum absolute atomic E-state index is 0. The quantitative estimate of drug-likeness (QED) is 0.540. The third kappa shape index (κ3) is 96.9. The van der Waals surface area contributed by atoms with E-state index in [1.54, 1.807) is 0 Å². The van der Waals surface area contributed by atoms with Crippen molar-refractivity contribution in [2.45, 2.75) is 0 Å². The molecule has 10 heteroatoms. The fraction of sp³-hybridized carbons (Fsp3) is 0. The number of hydrogen-bond acceptors (Lipinski definition) is 0. The van der Waals surface area contributed by atoms with Gasteiger partial charge in [0.25, 0.3) is 0 Å². The van der Waals surface area contributed by atoms with E-state index in [0.717, 1.165) is 0 Å². The van der Waals surface area contributed by atoms with Crippen molar-refractivity contribution in [3.05, 3.63) is 0 Å². The summed E-state index contributed by atoms with van der Waals surface area (Å²) in [6.07, 6.45) is 0. The zero-order valence-corrected chi connectivity index (χ0v) is 14.5. The molecule has 0 aliphatic rings. The van der Waals surface area contributed by atoms with Crippen LogP contribution in [0, 0.1) is 0 Å². The van der Waals surface area contributed by atoms with Crippen LogP contribution in [-0.2, 0) is 26.2 Å². The molecule has 0 rings (SSSR count). The van der Waals surface area contributed by atoms with Crippen LogP contribution in [-0.4, -0.2) is 17.4 Å². The normalized spacial score (nSPS) is 0. The summed E-state index contributed by atoms with van der Waals surface area (Å²) in [5.41, 5.74) is 0. The maximum atomic E-state index is 0. The molecule has 0 aromatic heterocycles. The largest absolute Gasteiger partial charge is 3.00 e. The van der Waals surface area contributed by atoms with Crippen LogP contribution in [0.5, 0.6) is 0 Å². The summed E-state index contributed by atoms with van der Waals surface area (Å²) >= 11 is 0. The van der Waals surface area contributed by atoms with Crippen LogP contribution in [0.15, 0.2) is 0 Å². The Morgan fingerprint density at radius 3 is 0.300 bits per heavy atom. The van der Waals surface area contributed by atoms with Crippen LogP contribution in [0.25, 0.3) is 0 Å². The molecule has 0 aromatic rings. The number of hydrogen-bond donors (Lipinski definition) is 0. The Labute approximate surface area is 141 Å². The summed E-state index contributed by atoms with van der Waals surface area (Å²) in [5, 5.41) is 0. The molecule has 0 fully saturated rings. The van der Waals surface area contributed by atoms with Gasteiger partial charge in [0.15, 0.2) is 0 Å². The molecular weight excluding hydrogens is 402 g/mol. The van der Waals surface area contributed by atoms with Crippen LogP contribution >= 0.6 is 99.3 Å². The maximum absolute atomic E-state index is 0. The molecule has 0 nitrogen and oxygen atoms in total. The van der Waals surface area contributed by atoms with Gasteiger partial charge in [-0.25, -0.2) is 0 Å². The summed E-state index contributed by atoms with van der Waals surface area (Å²) in [5.74, 6) is 0. The fourth-order valence-electron chi connectivity index (χ4n) is 0. The molecule has 0 bridgehead atoms. The molecule has 0 saturated heterocycles. The topological polar surface area (TPSA) is 0 Å². The van der Waals surface area contributed by atoms with Gasteiger partial charge in [0.2, 0.25) is 0 Å². The van der Waals surface area contributed by atoms with Gasteiger partial charge in [-0.05, 0) is 0 Å². The molecule has 0 heterocycles. The van der Waals surface area contributed by atoms with E-state index >= 15 is 0 Å². The molecule has 66 valence electrons. The average Bonchev–Trinajstić information content (AvgIpc) is 0. The first kappa shape index (κ1) is 160. The Bertz CT molecular complexity index is 9.22. The van der Waals surface area contributed by atoms with Crippen molar-refractivity contribution in [3.8, 4) is 0 Å². The minimum Gasteiger partial charge on any atom is -0.147 e. The monoisotopic (exact) mass is 405 g/mol. The van der Waals surface area contributed by atoms with E-state index in [-0.39, 0.29) is 143 Å². The Kier molecular flexibility index (Phi) is 2010. The van der Waals surface area contributed by atoms with Crippen LogP contribution in [0.1, 0.15) is 0 Å². The summed E-state index contributed by atoms with van der Waals surface area (Å²) in [6, 6.07) is 0. The second-order valence-corrected chi connectivity index (χ2v) is 0. The zero-order chi connectivity index (χ0) is 0. The number of halogens is 8. The van der Waals surface area contributed by atoms with Gasteiger partial charge in [-0.1, -0.05) is 0 Å². The molecule has 0 N–H and O–H groups in total. The molecule has 0 aliphatic carbocycles. The van der Waals surface area contributed by atoms with Crippen molar-refractivity contribution in [1.82, 2.24) is 0 Å². The zero-order valence-electron chi connectivity index (χ0n) is 4.34. The van der Waals surface area contributed by atoms with E-state index in [1.165, 1.54) is 0 Å². The van der Waals surface area contributed by atoms with Gasteiger partial charge in [0.05, 0.1) is 0 Å². The van der Waals surface area contributed by atoms with Gasteiger partial charge in [-0.3, -0.25) is 0 Å². The van der Waals surface area contributed by atoms with Gasteiger partial charge < -0.3 is 0 Å². The molecule has 10 heavy (non-hydrogen) atoms. The van der Waals surface area contributed by atoms with Crippen LogP contribution in [0.4, 0.5) is 0 Å². The minimum atomic E-state index is 0. The van der Waals surface area contributed by atoms with Gasteiger partial charge in [-0.15, -0.1) is 99.3 Å². The summed E-state index contributed by atoms with van der Waals surface area (Å²) in [6.45, 7) is 0. The Morgan fingerprint density at radius 2 is 0.300 bits per heavy atom. The third-order valence-electron chi connectivity index (χ3n) is 0. The average molecular weight is 410 g/mol. The Hall–Kier alpha value is 3.74. The van der Waals surface area contributed by atoms with E-state index in [2.05, 4.69) is 0 Å². The summed E-state index contributed by atoms with van der Waals surface area (Å²) < 4.78 is 0. The molecule has 0 radical (unpaired) electrons. The van der Waals surface area contributed by atoms with Crippen LogP contribution in [0.3, 0.4) is 0 Å². The first-order valence-electron chi connectivity index (χ1n) is 0. The molecule has 0 atom stereocenters. The van der Waals surface area contributed by atoms with Crippen LogP contribution < -0.4 is 0 Å². The van der Waals surface area contributed by atoms with Crippen molar-refractivity contribution in [3.63, 3.8) is 0 Å². The third-order valence-corrected chi connectivity index (χ3v) is 0. The first-order chi connectivity index (χ1) is 0. The van der Waals surface area contributed by atoms with Gasteiger partial charge in [0, 0.05) is 0 Å². The Morgan fingerprint density at radius 1 is 0.300 bits per heavy atom. The number of rotatable bonds is 0. The van der Waals surface area contributed by atoms with Crippen molar-refractivity contribution in [2.24, 2.45) is 0 Å². The SMILES string of the molecule is Cl.Cl.Cl.Cl.Cl.Cl.Cl.Cl.[Al+3].[Zr+2]. The summed E-state index contributed by atoms with van der Waals surface area (Å²) in [4.78, 5) is 0. The first-order valence-corrected chi connectivity index (χ1v) is 0. The van der Waals surface area contributed by atoms with Crippen molar-refractivity contribution in [2.75, 3.05) is 0 Å². The maximum Gasteiger partial charge on any atom is 3.00 e. The van der Waals surface area contributed by atoms with Gasteiger partial charge in [-0.2, -0.15) is 0 Å². The van der Waals surface area contributed by atoms with Crippen molar-refractivity contribution in [1.29, 1.82) is 0 Å². The van der Waals surface area contributed by atoms with Crippen molar-refractivity contribution >= 4 is 117 Å². The predicted molar refractivity (Wildman–Crippen MR) is 63.7 cm³/mol. The molecular formula is H8AlCl8Zr+5. The van der Waals surface area contributed by atoms with E-state index in [4.69, 9.17) is 0 Å². The van der Waals surface area contributed by atoms with E-state index in [0.29, 0.717) is 0 Å². The summed E-state index contributed by atoms with van der Waals surface area (Å²) in [7, 11) is 0. The van der Waals surface area contributed by atoms with Crippen molar-refractivity contribution < 1.29 is 26.2 Å². The van der Waals surface area contributed by atoms with E-state index in [9.17, 15) is 0 Å². The molecule has 0 spiro atoms. The molecule has 0 amide bonds. The van der Waals surface area contributed by atoms with E-state index < -0.39 is 0 Å². The Balaban J connectivity index is 0. The molecule has 0 aliphatic heterocycles. The molecule has 0 aromatic carbocycles. The smallest absolute Gasteiger partial charge is 0.147 e. The second-order valence-electron chi connectivity index (χ2n) is 0. The van der Waals surface area contributed by atoms with Gasteiger partial charge in [0.1, 0.15) is 0 Å². The van der Waals surface area contributed by atoms with E-state index in [1.807, 2.05) is 0 Å². The standard InChI is InChI=1S/Al.8ClH.Zr/h;8*1H;/q+3;;;;;;;;;+2. The second kappa shape index (κ2) is 126. The fourth-order valence-corrected chi connectivity index (χ4v) is 0. The van der Waals surface area contributed by atoms with Crippen LogP contribution in [0.2, 0.25) is 0 Å².